The van der Waals surface area contributed by atoms with Crippen molar-refractivity contribution in [2.45, 2.75) is 13.0 Å². The Kier molecular flexibility index (Phi) is 4.02. The van der Waals surface area contributed by atoms with Crippen LogP contribution < -0.4 is 5.32 Å². The maximum atomic E-state index is 10.7. The molecular formula is C7H7NO5. The second-order valence-electron chi connectivity index (χ2n) is 1.96. The second kappa shape index (κ2) is 4.77. The minimum absolute atomic E-state index is 0.933. The van der Waals surface area contributed by atoms with Crippen LogP contribution in [-0.2, 0) is 14.4 Å². The summed E-state index contributed by atoms with van der Waals surface area (Å²) in [5, 5.41) is 18.3. The van der Waals surface area contributed by atoms with Gasteiger partial charge in [-0.05, 0) is 12.8 Å². The van der Waals surface area contributed by atoms with E-state index >= 15 is 0 Å². The van der Waals surface area contributed by atoms with Gasteiger partial charge in [-0.15, -0.1) is 0 Å². The summed E-state index contributed by atoms with van der Waals surface area (Å²) in [5.74, 6) is -0.0513. The van der Waals surface area contributed by atoms with Crippen LogP contribution in [0.25, 0.3) is 0 Å². The third kappa shape index (κ3) is 3.76. The number of nitrogens with one attached hydrogen (secondary N) is 1. The van der Waals surface area contributed by atoms with Gasteiger partial charge in [-0.3, -0.25) is 4.79 Å². The predicted octanol–water partition coefficient (Wildman–Crippen LogP) is -1.34. The normalized spacial score (nSPS) is 8.46. The summed E-state index contributed by atoms with van der Waals surface area (Å²) < 4.78 is 0. The lowest BCUT2D eigenvalue weighted by molar-refractivity contribution is -0.152. The van der Waals surface area contributed by atoms with E-state index in [9.17, 15) is 14.4 Å². The average Bonchev–Trinajstić information content (AvgIpc) is 1.99. The Morgan fingerprint density at radius 2 is 1.69 bits per heavy atom. The molecule has 6 heteroatoms. The smallest absolute Gasteiger partial charge is 0.338 e. The zero-order chi connectivity index (χ0) is 10.4. The van der Waals surface area contributed by atoms with Gasteiger partial charge < -0.3 is 15.5 Å². The summed E-state index contributed by atoms with van der Waals surface area (Å²) >= 11 is 0. The van der Waals surface area contributed by atoms with E-state index in [1.165, 1.54) is 6.92 Å². The highest BCUT2D eigenvalue weighted by atomic mass is 16.4. The number of carboxylic acid groups (broad SMARTS) is 2. The SMILES string of the molecule is CC#CC(=O)NC(C(=O)O)C(=O)O. The lowest BCUT2D eigenvalue weighted by atomic mass is 10.3. The summed E-state index contributed by atoms with van der Waals surface area (Å²) in [6, 6.07) is -1.95. The Morgan fingerprint density at radius 3 is 2.00 bits per heavy atom. The van der Waals surface area contributed by atoms with Gasteiger partial charge in [0.15, 0.2) is 0 Å². The number of hydrogen-bond donors (Lipinski definition) is 3. The van der Waals surface area contributed by atoms with Crippen LogP contribution in [0.15, 0.2) is 0 Å². The number of carbonyl (C=O) groups is 3. The predicted molar refractivity (Wildman–Crippen MR) is 40.7 cm³/mol. The van der Waals surface area contributed by atoms with E-state index in [0.717, 1.165) is 0 Å². The van der Waals surface area contributed by atoms with E-state index in [2.05, 4.69) is 5.92 Å². The Hall–Kier alpha value is -2.03. The van der Waals surface area contributed by atoms with Crippen molar-refractivity contribution in [1.29, 1.82) is 0 Å². The molecule has 6 nitrogen and oxygen atoms in total. The molecule has 1 amide bonds. The maximum Gasteiger partial charge on any atom is 0.338 e. The van der Waals surface area contributed by atoms with Crippen molar-refractivity contribution in [3.63, 3.8) is 0 Å². The van der Waals surface area contributed by atoms with Crippen LogP contribution in [0.1, 0.15) is 6.92 Å². The highest BCUT2D eigenvalue weighted by Gasteiger charge is 2.26. The first-order chi connectivity index (χ1) is 5.99. The number of rotatable bonds is 3. The zero-order valence-corrected chi connectivity index (χ0v) is 6.70. The molecule has 13 heavy (non-hydrogen) atoms. The van der Waals surface area contributed by atoms with Crippen molar-refractivity contribution >= 4 is 17.8 Å². The van der Waals surface area contributed by atoms with E-state index in [0.29, 0.717) is 0 Å². The molecule has 0 saturated heterocycles. The largest absolute Gasteiger partial charge is 0.479 e. The third-order valence-corrected chi connectivity index (χ3v) is 1.01. The van der Waals surface area contributed by atoms with Crippen LogP contribution in [-0.4, -0.2) is 34.1 Å². The molecule has 0 aromatic carbocycles. The minimum atomic E-state index is -1.95. The van der Waals surface area contributed by atoms with Crippen LogP contribution in [0.4, 0.5) is 0 Å². The van der Waals surface area contributed by atoms with Gasteiger partial charge in [0.1, 0.15) is 0 Å². The summed E-state index contributed by atoms with van der Waals surface area (Å²) in [7, 11) is 0. The van der Waals surface area contributed by atoms with E-state index in [1.807, 2.05) is 5.92 Å². The Bertz CT molecular complexity index is 284. The van der Waals surface area contributed by atoms with Gasteiger partial charge in [-0.2, -0.15) is 0 Å². The summed E-state index contributed by atoms with van der Waals surface area (Å²) in [6.07, 6.45) is 0. The van der Waals surface area contributed by atoms with Crippen LogP contribution in [0.5, 0.6) is 0 Å². The lowest BCUT2D eigenvalue weighted by Crippen LogP contribution is -2.45. The molecule has 0 spiro atoms. The van der Waals surface area contributed by atoms with E-state index in [1.54, 1.807) is 5.32 Å². The van der Waals surface area contributed by atoms with Crippen molar-refractivity contribution in [1.82, 2.24) is 5.32 Å². The van der Waals surface area contributed by atoms with Gasteiger partial charge in [-0.1, -0.05) is 5.92 Å². The number of aliphatic carboxylic acids is 2. The molecule has 0 rings (SSSR count). The quantitative estimate of drug-likeness (QED) is 0.373. The molecule has 0 unspecified atom stereocenters. The van der Waals surface area contributed by atoms with Gasteiger partial charge >= 0.3 is 11.9 Å². The standard InChI is InChI=1S/C7H7NO5/c1-2-3-4(9)8-5(6(10)11)7(12)13/h5H,1H3,(H,8,9)(H,10,11)(H,12,13). The van der Waals surface area contributed by atoms with Gasteiger partial charge in [-0.25, -0.2) is 9.59 Å². The molecule has 3 N–H and O–H groups in total. The minimum Gasteiger partial charge on any atom is -0.479 e. The molecule has 0 fully saturated rings. The Labute approximate surface area is 73.6 Å². The number of carbonyl (C=O) groups excluding carboxylic acids is 1. The van der Waals surface area contributed by atoms with Crippen LogP contribution in [0, 0.1) is 11.8 Å². The second-order valence-corrected chi connectivity index (χ2v) is 1.96. The monoisotopic (exact) mass is 185 g/mol. The summed E-state index contributed by atoms with van der Waals surface area (Å²) in [6.45, 7) is 1.37. The Morgan fingerprint density at radius 1 is 1.23 bits per heavy atom. The highest BCUT2D eigenvalue weighted by molar-refractivity contribution is 6.04. The van der Waals surface area contributed by atoms with Crippen LogP contribution >= 0.6 is 0 Å². The van der Waals surface area contributed by atoms with Gasteiger partial charge in [0, 0.05) is 0 Å². The molecule has 0 aromatic rings. The topological polar surface area (TPSA) is 104 Å². The highest BCUT2D eigenvalue weighted by Crippen LogP contribution is 1.83. The van der Waals surface area contributed by atoms with Crippen molar-refractivity contribution in [2.75, 3.05) is 0 Å². The third-order valence-electron chi connectivity index (χ3n) is 1.01. The lowest BCUT2D eigenvalue weighted by Gasteiger charge is -2.05. The molecule has 0 aliphatic carbocycles. The van der Waals surface area contributed by atoms with Crippen LogP contribution in [0.2, 0.25) is 0 Å². The first kappa shape index (κ1) is 11.0. The first-order valence-electron chi connectivity index (χ1n) is 3.18. The fourth-order valence-corrected chi connectivity index (χ4v) is 0.510. The average molecular weight is 185 g/mol. The molecule has 0 aliphatic heterocycles. The molecule has 0 aliphatic rings. The van der Waals surface area contributed by atoms with E-state index in [-0.39, 0.29) is 0 Å². The molecule has 0 heterocycles. The molecular weight excluding hydrogens is 178 g/mol. The number of carboxylic acids is 2. The van der Waals surface area contributed by atoms with Gasteiger partial charge in [0.25, 0.3) is 5.91 Å². The number of hydrogen-bond acceptors (Lipinski definition) is 3. The van der Waals surface area contributed by atoms with Gasteiger partial charge in [0.05, 0.1) is 0 Å². The van der Waals surface area contributed by atoms with Crippen molar-refractivity contribution in [3.05, 3.63) is 0 Å². The van der Waals surface area contributed by atoms with Crippen molar-refractivity contribution in [3.8, 4) is 11.8 Å². The van der Waals surface area contributed by atoms with Crippen molar-refractivity contribution < 1.29 is 24.6 Å². The molecule has 0 aromatic heterocycles. The first-order valence-corrected chi connectivity index (χ1v) is 3.18. The summed E-state index contributed by atoms with van der Waals surface area (Å²) in [4.78, 5) is 31.1. The fourth-order valence-electron chi connectivity index (χ4n) is 0.510. The van der Waals surface area contributed by atoms with E-state index in [4.69, 9.17) is 10.2 Å². The molecule has 0 saturated carbocycles. The number of amides is 1. The molecule has 0 atom stereocenters. The maximum absolute atomic E-state index is 10.7. The molecule has 70 valence electrons. The Balaban J connectivity index is 4.42. The summed E-state index contributed by atoms with van der Waals surface area (Å²) in [5.41, 5.74) is 0. The van der Waals surface area contributed by atoms with E-state index < -0.39 is 23.9 Å². The zero-order valence-electron chi connectivity index (χ0n) is 6.70. The fraction of sp³-hybridized carbons (Fsp3) is 0.286. The molecule has 0 radical (unpaired) electrons. The van der Waals surface area contributed by atoms with Crippen LogP contribution in [0.3, 0.4) is 0 Å². The molecule has 0 bridgehead atoms. The van der Waals surface area contributed by atoms with Crippen molar-refractivity contribution in [2.24, 2.45) is 0 Å². The van der Waals surface area contributed by atoms with Gasteiger partial charge in [0.2, 0.25) is 6.04 Å².